The lowest BCUT2D eigenvalue weighted by atomic mass is 10.3. The number of nitrogens with zero attached hydrogens (tertiary/aromatic N) is 1. The molecule has 0 aliphatic rings. The normalized spacial score (nSPS) is 10.1. The number of thioether (sulfide) groups is 1. The molecule has 64 valence electrons. The van der Waals surface area contributed by atoms with Crippen LogP contribution in [0.2, 0.25) is 0 Å². The summed E-state index contributed by atoms with van der Waals surface area (Å²) in [5.74, 6) is 0. The fourth-order valence-corrected chi connectivity index (χ4v) is 2.85. The predicted octanol–water partition coefficient (Wildman–Crippen LogP) is 3.06. The standard InChI is InChI=1S/C9H6N2S2/c10-5-12-8-6-3-1-2-4-7(6)13-9(8)11/h1-4H,11H2. The lowest BCUT2D eigenvalue weighted by Crippen LogP contribution is -1.79. The summed E-state index contributed by atoms with van der Waals surface area (Å²) < 4.78 is 1.14. The van der Waals surface area contributed by atoms with E-state index >= 15 is 0 Å². The van der Waals surface area contributed by atoms with Crippen LogP contribution in [-0.2, 0) is 0 Å². The first-order valence-corrected chi connectivity index (χ1v) is 5.29. The molecule has 0 amide bonds. The van der Waals surface area contributed by atoms with Crippen LogP contribution in [0.15, 0.2) is 29.2 Å². The van der Waals surface area contributed by atoms with E-state index < -0.39 is 0 Å². The Morgan fingerprint density at radius 1 is 1.38 bits per heavy atom. The van der Waals surface area contributed by atoms with Gasteiger partial charge in [-0.05, 0) is 17.8 Å². The molecule has 13 heavy (non-hydrogen) atoms. The highest BCUT2D eigenvalue weighted by atomic mass is 32.2. The molecular weight excluding hydrogens is 200 g/mol. The average Bonchev–Trinajstić information content (AvgIpc) is 2.44. The lowest BCUT2D eigenvalue weighted by Gasteiger charge is -1.91. The van der Waals surface area contributed by atoms with E-state index in [0.717, 1.165) is 31.7 Å². The minimum absolute atomic E-state index is 0.729. The molecule has 0 bridgehead atoms. The van der Waals surface area contributed by atoms with Gasteiger partial charge in [-0.2, -0.15) is 5.26 Å². The Morgan fingerprint density at radius 2 is 2.15 bits per heavy atom. The van der Waals surface area contributed by atoms with Gasteiger partial charge in [-0.15, -0.1) is 11.3 Å². The van der Waals surface area contributed by atoms with Gasteiger partial charge in [0, 0.05) is 10.1 Å². The number of anilines is 1. The molecule has 2 rings (SSSR count). The van der Waals surface area contributed by atoms with Gasteiger partial charge in [0.05, 0.1) is 4.90 Å². The molecule has 0 saturated heterocycles. The van der Waals surface area contributed by atoms with Gasteiger partial charge >= 0.3 is 0 Å². The Morgan fingerprint density at radius 3 is 2.92 bits per heavy atom. The van der Waals surface area contributed by atoms with Crippen molar-refractivity contribution in [1.29, 1.82) is 5.26 Å². The first-order chi connectivity index (χ1) is 6.33. The minimum Gasteiger partial charge on any atom is -0.390 e. The van der Waals surface area contributed by atoms with Crippen LogP contribution in [0.4, 0.5) is 5.00 Å². The van der Waals surface area contributed by atoms with E-state index in [1.165, 1.54) is 11.3 Å². The van der Waals surface area contributed by atoms with Gasteiger partial charge in [-0.3, -0.25) is 0 Å². The number of nitrogens with two attached hydrogens (primary N) is 1. The van der Waals surface area contributed by atoms with E-state index in [4.69, 9.17) is 11.0 Å². The summed E-state index contributed by atoms with van der Waals surface area (Å²) in [6.07, 6.45) is 0. The van der Waals surface area contributed by atoms with Crippen LogP contribution in [0.25, 0.3) is 10.1 Å². The number of nitrogen functional groups attached to an aromatic ring is 1. The maximum Gasteiger partial charge on any atom is 0.138 e. The van der Waals surface area contributed by atoms with Crippen molar-refractivity contribution in [3.05, 3.63) is 24.3 Å². The predicted molar refractivity (Wildman–Crippen MR) is 57.7 cm³/mol. The van der Waals surface area contributed by atoms with Gasteiger partial charge in [-0.1, -0.05) is 18.2 Å². The molecule has 0 aliphatic carbocycles. The highest BCUT2D eigenvalue weighted by Crippen LogP contribution is 2.39. The van der Waals surface area contributed by atoms with E-state index in [1.807, 2.05) is 29.7 Å². The summed E-state index contributed by atoms with van der Waals surface area (Å²) in [5, 5.41) is 12.4. The molecule has 2 nitrogen and oxygen atoms in total. The quantitative estimate of drug-likeness (QED) is 0.576. The second-order valence-corrected chi connectivity index (χ2v) is 4.36. The van der Waals surface area contributed by atoms with Gasteiger partial charge in [0.2, 0.25) is 0 Å². The second-order valence-electron chi connectivity index (χ2n) is 2.48. The van der Waals surface area contributed by atoms with Crippen molar-refractivity contribution >= 4 is 38.2 Å². The molecule has 2 N–H and O–H groups in total. The zero-order valence-electron chi connectivity index (χ0n) is 6.65. The van der Waals surface area contributed by atoms with E-state index in [0.29, 0.717) is 0 Å². The zero-order valence-corrected chi connectivity index (χ0v) is 8.28. The van der Waals surface area contributed by atoms with E-state index in [-0.39, 0.29) is 0 Å². The Bertz CT molecular complexity index is 482. The fourth-order valence-electron chi connectivity index (χ4n) is 1.19. The summed E-state index contributed by atoms with van der Waals surface area (Å²) in [4.78, 5) is 0.892. The van der Waals surface area contributed by atoms with Crippen molar-refractivity contribution in [1.82, 2.24) is 0 Å². The van der Waals surface area contributed by atoms with Gasteiger partial charge in [0.25, 0.3) is 0 Å². The first kappa shape index (κ1) is 8.42. The van der Waals surface area contributed by atoms with Crippen molar-refractivity contribution in [2.75, 3.05) is 5.73 Å². The summed E-state index contributed by atoms with van der Waals surface area (Å²) in [7, 11) is 0. The number of fused-ring (bicyclic) bond motifs is 1. The molecule has 0 spiro atoms. The molecule has 1 aromatic heterocycles. The van der Waals surface area contributed by atoms with Crippen LogP contribution >= 0.6 is 23.1 Å². The van der Waals surface area contributed by atoms with Crippen LogP contribution < -0.4 is 5.73 Å². The smallest absolute Gasteiger partial charge is 0.138 e. The Balaban J connectivity index is 2.73. The zero-order chi connectivity index (χ0) is 9.26. The maximum atomic E-state index is 8.58. The summed E-state index contributed by atoms with van der Waals surface area (Å²) in [6.45, 7) is 0. The van der Waals surface area contributed by atoms with Gasteiger partial charge < -0.3 is 5.73 Å². The average molecular weight is 206 g/mol. The van der Waals surface area contributed by atoms with Crippen LogP contribution in [0.3, 0.4) is 0 Å². The third-order valence-corrected chi connectivity index (χ3v) is 3.59. The second kappa shape index (κ2) is 3.29. The molecule has 0 fully saturated rings. The van der Waals surface area contributed by atoms with Crippen molar-refractivity contribution in [2.24, 2.45) is 0 Å². The largest absolute Gasteiger partial charge is 0.390 e. The summed E-state index contributed by atoms with van der Waals surface area (Å²) in [6, 6.07) is 7.93. The third kappa shape index (κ3) is 1.37. The first-order valence-electron chi connectivity index (χ1n) is 3.66. The number of thiocyanates is 1. The molecule has 0 aliphatic heterocycles. The lowest BCUT2D eigenvalue weighted by molar-refractivity contribution is 1.56. The number of benzene rings is 1. The molecule has 4 heteroatoms. The van der Waals surface area contributed by atoms with Gasteiger partial charge in [0.15, 0.2) is 0 Å². The van der Waals surface area contributed by atoms with Crippen molar-refractivity contribution in [3.63, 3.8) is 0 Å². The number of thiophene rings is 1. The number of rotatable bonds is 1. The molecule has 1 aromatic carbocycles. The van der Waals surface area contributed by atoms with E-state index in [2.05, 4.69) is 0 Å². The molecular formula is C9H6N2S2. The highest BCUT2D eigenvalue weighted by Gasteiger charge is 2.08. The van der Waals surface area contributed by atoms with Crippen LogP contribution in [-0.4, -0.2) is 0 Å². The van der Waals surface area contributed by atoms with Crippen LogP contribution in [0.5, 0.6) is 0 Å². The molecule has 0 radical (unpaired) electrons. The van der Waals surface area contributed by atoms with Gasteiger partial charge in [0.1, 0.15) is 10.4 Å². The minimum atomic E-state index is 0.729. The SMILES string of the molecule is N#CSc1c(N)sc2ccccc12. The molecule has 1 heterocycles. The van der Waals surface area contributed by atoms with Crippen LogP contribution in [0.1, 0.15) is 0 Å². The summed E-state index contributed by atoms with van der Waals surface area (Å²) in [5.41, 5.74) is 5.79. The Labute approximate surface area is 84.0 Å². The van der Waals surface area contributed by atoms with E-state index in [9.17, 15) is 0 Å². The van der Waals surface area contributed by atoms with E-state index in [1.54, 1.807) is 0 Å². The summed E-state index contributed by atoms with van der Waals surface area (Å²) >= 11 is 2.65. The molecule has 0 unspecified atom stereocenters. The Hall–Kier alpha value is -1.18. The topological polar surface area (TPSA) is 49.8 Å². The molecule has 0 atom stereocenters. The fraction of sp³-hybridized carbons (Fsp3) is 0. The van der Waals surface area contributed by atoms with Crippen molar-refractivity contribution in [2.45, 2.75) is 4.90 Å². The Kier molecular flexibility index (Phi) is 2.13. The maximum absolute atomic E-state index is 8.58. The monoisotopic (exact) mass is 206 g/mol. The highest BCUT2D eigenvalue weighted by molar-refractivity contribution is 8.04. The third-order valence-electron chi connectivity index (χ3n) is 1.72. The molecule has 2 aromatic rings. The van der Waals surface area contributed by atoms with Crippen molar-refractivity contribution in [3.8, 4) is 5.40 Å². The number of hydrogen-bond acceptors (Lipinski definition) is 4. The van der Waals surface area contributed by atoms with Crippen LogP contribution in [0, 0.1) is 10.7 Å². The van der Waals surface area contributed by atoms with Gasteiger partial charge in [-0.25, -0.2) is 0 Å². The number of hydrogen-bond donors (Lipinski definition) is 1. The number of nitriles is 1. The van der Waals surface area contributed by atoms with Crippen molar-refractivity contribution < 1.29 is 0 Å². The molecule has 0 saturated carbocycles.